The van der Waals surface area contributed by atoms with Crippen molar-refractivity contribution in [2.75, 3.05) is 12.4 Å². The van der Waals surface area contributed by atoms with Gasteiger partial charge in [0.05, 0.1) is 32.3 Å². The number of aromatic nitrogens is 1. The molecule has 0 aliphatic heterocycles. The zero-order valence-electron chi connectivity index (χ0n) is 17.7. The number of ketones is 1. The van der Waals surface area contributed by atoms with E-state index in [-0.39, 0.29) is 12.4 Å². The molecule has 4 rings (SSSR count). The Hall–Kier alpha value is -2.83. The maximum absolute atomic E-state index is 13.5. The van der Waals surface area contributed by atoms with E-state index >= 15 is 0 Å². The van der Waals surface area contributed by atoms with Crippen molar-refractivity contribution in [1.29, 1.82) is 0 Å². The van der Waals surface area contributed by atoms with Gasteiger partial charge in [0.2, 0.25) is 5.78 Å². The number of benzene rings is 1. The van der Waals surface area contributed by atoms with Gasteiger partial charge in [-0.1, -0.05) is 48.0 Å². The third-order valence-electron chi connectivity index (χ3n) is 4.89. The van der Waals surface area contributed by atoms with Gasteiger partial charge in [0.25, 0.3) is 0 Å². The smallest absolute Gasteiger partial charge is 0.341 e. The van der Waals surface area contributed by atoms with Crippen molar-refractivity contribution in [2.45, 2.75) is 25.0 Å². The Labute approximate surface area is 189 Å². The van der Waals surface area contributed by atoms with Crippen molar-refractivity contribution < 1.29 is 14.3 Å². The van der Waals surface area contributed by atoms with Gasteiger partial charge >= 0.3 is 5.97 Å². The number of fused-ring (bicyclic) bond motifs is 3. The van der Waals surface area contributed by atoms with E-state index < -0.39 is 5.97 Å². The summed E-state index contributed by atoms with van der Waals surface area (Å²) in [5.74, 6) is 0.319. The molecule has 0 aliphatic rings. The molecule has 6 heteroatoms. The fourth-order valence-corrected chi connectivity index (χ4v) is 6.08. The summed E-state index contributed by atoms with van der Waals surface area (Å²) >= 11 is 3.14. The van der Waals surface area contributed by atoms with Crippen molar-refractivity contribution >= 4 is 51.3 Å². The second-order valence-corrected chi connectivity index (χ2v) is 9.59. The van der Waals surface area contributed by atoms with Crippen LogP contribution in [0.5, 0.6) is 0 Å². The minimum absolute atomic E-state index is 0.0777. The van der Waals surface area contributed by atoms with Gasteiger partial charge in [0.1, 0.15) is 0 Å². The third kappa shape index (κ3) is 4.05. The highest BCUT2D eigenvalue weighted by atomic mass is 32.2. The van der Waals surface area contributed by atoms with Crippen molar-refractivity contribution in [2.24, 2.45) is 0 Å². The molecule has 3 aromatic heterocycles. The lowest BCUT2D eigenvalue weighted by molar-refractivity contribution is 0.0531. The summed E-state index contributed by atoms with van der Waals surface area (Å²) < 4.78 is 8.41. The normalized spacial score (nSPS) is 11.1. The third-order valence-corrected chi connectivity index (χ3v) is 7.25. The number of nitrogens with zero attached hydrogens (tertiary/aromatic N) is 1. The number of carbonyl (C=O) groups excluding carboxylic acids is 2. The molecule has 0 bridgehead atoms. The van der Waals surface area contributed by atoms with E-state index in [0.29, 0.717) is 21.4 Å². The highest BCUT2D eigenvalue weighted by Gasteiger charge is 2.29. The zero-order valence-corrected chi connectivity index (χ0v) is 19.3. The van der Waals surface area contributed by atoms with Crippen LogP contribution in [-0.4, -0.2) is 28.5 Å². The van der Waals surface area contributed by atoms with Gasteiger partial charge in [-0.2, -0.15) is 0 Å². The molecule has 0 fully saturated rings. The van der Waals surface area contributed by atoms with Crippen LogP contribution < -0.4 is 0 Å². The molecule has 0 spiro atoms. The molecule has 0 atom stereocenters. The monoisotopic (exact) mass is 449 g/mol. The van der Waals surface area contributed by atoms with Crippen molar-refractivity contribution in [1.82, 2.24) is 4.40 Å². The van der Waals surface area contributed by atoms with E-state index in [1.54, 1.807) is 18.7 Å². The molecule has 4 aromatic rings. The Morgan fingerprint density at radius 2 is 1.84 bits per heavy atom. The summed E-state index contributed by atoms with van der Waals surface area (Å²) in [4.78, 5) is 27.1. The van der Waals surface area contributed by atoms with Gasteiger partial charge < -0.3 is 9.14 Å². The van der Waals surface area contributed by atoms with E-state index in [2.05, 4.69) is 19.9 Å². The Morgan fingerprint density at radius 3 is 2.55 bits per heavy atom. The SMILES string of the molecule is CCOC(=O)c1c2c(C(=O)c3ccccc3)sc(SCC=C(C)C)c2n2ccccc12. The van der Waals surface area contributed by atoms with Crippen molar-refractivity contribution in [3.8, 4) is 0 Å². The number of pyridine rings is 1. The van der Waals surface area contributed by atoms with Gasteiger partial charge in [-0.25, -0.2) is 4.79 Å². The molecule has 0 amide bonds. The maximum atomic E-state index is 13.5. The number of hydrogen-bond acceptors (Lipinski definition) is 5. The molecule has 0 unspecified atom stereocenters. The van der Waals surface area contributed by atoms with Crippen LogP contribution in [-0.2, 0) is 4.74 Å². The molecule has 0 N–H and O–H groups in total. The lowest BCUT2D eigenvalue weighted by Gasteiger charge is -2.04. The van der Waals surface area contributed by atoms with E-state index in [1.807, 2.05) is 59.1 Å². The van der Waals surface area contributed by atoms with Crippen molar-refractivity contribution in [3.05, 3.63) is 82.4 Å². The Balaban J connectivity index is 2.01. The summed E-state index contributed by atoms with van der Waals surface area (Å²) in [5.41, 5.74) is 3.96. The molecule has 1 aromatic carbocycles. The number of hydrogen-bond donors (Lipinski definition) is 0. The molecule has 4 nitrogen and oxygen atoms in total. The summed E-state index contributed by atoms with van der Waals surface area (Å²) in [7, 11) is 0. The van der Waals surface area contributed by atoms with Crippen LogP contribution in [0.2, 0.25) is 0 Å². The number of rotatable bonds is 7. The van der Waals surface area contributed by atoms with Gasteiger partial charge in [-0.15, -0.1) is 23.1 Å². The van der Waals surface area contributed by atoms with Gasteiger partial charge in [-0.05, 0) is 32.9 Å². The van der Waals surface area contributed by atoms with Crippen LogP contribution >= 0.6 is 23.1 Å². The minimum atomic E-state index is -0.401. The van der Waals surface area contributed by atoms with E-state index in [1.165, 1.54) is 16.9 Å². The summed E-state index contributed by atoms with van der Waals surface area (Å²) in [6.45, 7) is 6.21. The van der Waals surface area contributed by atoms with Crippen LogP contribution in [0.4, 0.5) is 0 Å². The zero-order chi connectivity index (χ0) is 22.0. The quantitative estimate of drug-likeness (QED) is 0.138. The van der Waals surface area contributed by atoms with E-state index in [9.17, 15) is 9.59 Å². The number of esters is 1. The van der Waals surface area contributed by atoms with Crippen molar-refractivity contribution in [3.63, 3.8) is 0 Å². The number of thioether (sulfide) groups is 1. The van der Waals surface area contributed by atoms with Crippen LogP contribution in [0.25, 0.3) is 16.4 Å². The second-order valence-electron chi connectivity index (χ2n) is 7.28. The number of carbonyl (C=O) groups is 2. The standard InChI is InChI=1S/C25H23NO3S2/c1-4-29-24(28)19-18-12-8-9-14-26(18)21-20(19)23(22(27)17-10-6-5-7-11-17)31-25(21)30-15-13-16(2)3/h5-14H,4,15H2,1-3H3. The highest BCUT2D eigenvalue weighted by molar-refractivity contribution is 8.01. The summed E-state index contributed by atoms with van der Waals surface area (Å²) in [6, 6.07) is 14.9. The van der Waals surface area contributed by atoms with E-state index in [4.69, 9.17) is 4.74 Å². The number of ether oxygens (including phenoxy) is 1. The van der Waals surface area contributed by atoms with Crippen LogP contribution in [0.1, 0.15) is 46.4 Å². The first-order chi connectivity index (χ1) is 15.0. The molecule has 0 aliphatic carbocycles. The van der Waals surface area contributed by atoms with Crippen LogP contribution in [0.15, 0.2) is 70.6 Å². The predicted octanol–water partition coefficient (Wildman–Crippen LogP) is 6.62. The Bertz CT molecular complexity index is 1290. The first kappa shape index (κ1) is 21.4. The number of allylic oxidation sites excluding steroid dienone is 1. The molecular formula is C25H23NO3S2. The lowest BCUT2D eigenvalue weighted by atomic mass is 10.1. The molecule has 31 heavy (non-hydrogen) atoms. The first-order valence-corrected chi connectivity index (χ1v) is 11.9. The maximum Gasteiger partial charge on any atom is 0.341 e. The molecular weight excluding hydrogens is 426 g/mol. The van der Waals surface area contributed by atoms with Gasteiger partial charge in [0, 0.05) is 22.9 Å². The van der Waals surface area contributed by atoms with Gasteiger partial charge in [-0.3, -0.25) is 4.79 Å². The summed E-state index contributed by atoms with van der Waals surface area (Å²) in [6.07, 6.45) is 4.10. The lowest BCUT2D eigenvalue weighted by Crippen LogP contribution is -2.06. The Morgan fingerprint density at radius 1 is 1.10 bits per heavy atom. The average Bonchev–Trinajstić information content (AvgIpc) is 3.30. The Kier molecular flexibility index (Phi) is 6.30. The highest BCUT2D eigenvalue weighted by Crippen LogP contribution is 2.43. The molecule has 0 radical (unpaired) electrons. The topological polar surface area (TPSA) is 47.8 Å². The predicted molar refractivity (Wildman–Crippen MR) is 129 cm³/mol. The molecule has 158 valence electrons. The fourth-order valence-electron chi connectivity index (χ4n) is 3.49. The fraction of sp³-hybridized carbons (Fsp3) is 0.200. The van der Waals surface area contributed by atoms with Crippen LogP contribution in [0.3, 0.4) is 0 Å². The summed E-state index contributed by atoms with van der Waals surface area (Å²) in [5, 5.41) is 0.684. The second kappa shape index (κ2) is 9.12. The number of thiophene rings is 1. The average molecular weight is 450 g/mol. The minimum Gasteiger partial charge on any atom is -0.462 e. The van der Waals surface area contributed by atoms with E-state index in [0.717, 1.165) is 21.0 Å². The molecule has 0 saturated carbocycles. The van der Waals surface area contributed by atoms with Crippen LogP contribution in [0, 0.1) is 0 Å². The largest absolute Gasteiger partial charge is 0.462 e. The molecule has 3 heterocycles. The molecule has 0 saturated heterocycles. The first-order valence-electron chi connectivity index (χ1n) is 10.1. The van der Waals surface area contributed by atoms with Gasteiger partial charge in [0.15, 0.2) is 0 Å².